The smallest absolute Gasteiger partial charge is 0.195 e. The van der Waals surface area contributed by atoms with E-state index in [-0.39, 0.29) is 5.25 Å². The molecule has 0 bridgehead atoms. The molecule has 1 aromatic heterocycles. The molecule has 4 rings (SSSR count). The van der Waals surface area contributed by atoms with Gasteiger partial charge in [0.1, 0.15) is 0 Å². The summed E-state index contributed by atoms with van der Waals surface area (Å²) in [5, 5.41) is 9.94. The molecular weight excluding hydrogens is 298 g/mol. The normalized spacial score (nSPS) is 16.3. The Hall–Kier alpha value is -1.72. The fourth-order valence-corrected chi connectivity index (χ4v) is 4.32. The fourth-order valence-electron chi connectivity index (χ4n) is 2.58. The third kappa shape index (κ3) is 2.08. The van der Waals surface area contributed by atoms with Crippen LogP contribution in [0.25, 0.3) is 5.69 Å². The molecule has 0 fully saturated rings. The van der Waals surface area contributed by atoms with Crippen LogP contribution in [-0.2, 0) is 0 Å². The summed E-state index contributed by atoms with van der Waals surface area (Å²) >= 11 is 3.48. The van der Waals surface area contributed by atoms with Gasteiger partial charge in [0.2, 0.25) is 0 Å². The summed E-state index contributed by atoms with van der Waals surface area (Å²) in [4.78, 5) is 1.27. The molecule has 0 N–H and O–H groups in total. The topological polar surface area (TPSA) is 30.7 Å². The molecule has 1 aliphatic rings. The van der Waals surface area contributed by atoms with Crippen molar-refractivity contribution in [3.05, 3.63) is 66.0 Å². The second-order valence-corrected chi connectivity index (χ2v) is 6.68. The summed E-state index contributed by atoms with van der Waals surface area (Å²) in [6.45, 7) is 0. The average Bonchev–Trinajstić information content (AvgIpc) is 2.99. The van der Waals surface area contributed by atoms with E-state index in [0.717, 1.165) is 11.0 Å². The van der Waals surface area contributed by atoms with Crippen LogP contribution in [0.5, 0.6) is 0 Å². The summed E-state index contributed by atoms with van der Waals surface area (Å²) in [6.07, 6.45) is 2.04. The van der Waals surface area contributed by atoms with Gasteiger partial charge in [-0.2, -0.15) is 0 Å². The molecule has 0 amide bonds. The van der Waals surface area contributed by atoms with Crippen molar-refractivity contribution in [3.8, 4) is 5.69 Å². The Kier molecular flexibility index (Phi) is 3.24. The maximum absolute atomic E-state index is 4.46. The summed E-state index contributed by atoms with van der Waals surface area (Å²) in [6, 6.07) is 19.0. The first-order chi connectivity index (χ1) is 10.4. The molecule has 0 spiro atoms. The first-order valence-corrected chi connectivity index (χ1v) is 8.79. The molecule has 0 aliphatic carbocycles. The number of hydrogen-bond donors (Lipinski definition) is 0. The lowest BCUT2D eigenvalue weighted by Crippen LogP contribution is -2.13. The second-order valence-electron chi connectivity index (χ2n) is 4.76. The molecule has 1 aliphatic heterocycles. The van der Waals surface area contributed by atoms with Gasteiger partial charge in [0.25, 0.3) is 0 Å². The van der Waals surface area contributed by atoms with E-state index in [2.05, 4.69) is 63.3 Å². The first kappa shape index (κ1) is 13.0. The number of para-hydroxylation sites is 1. The molecule has 0 radical (unpaired) electrons. The quantitative estimate of drug-likeness (QED) is 0.664. The van der Waals surface area contributed by atoms with E-state index in [4.69, 9.17) is 0 Å². The molecule has 104 valence electrons. The highest BCUT2D eigenvalue weighted by atomic mass is 32.2. The first-order valence-electron chi connectivity index (χ1n) is 6.69. The molecule has 3 aromatic rings. The van der Waals surface area contributed by atoms with Crippen LogP contribution in [0, 0.1) is 0 Å². The van der Waals surface area contributed by atoms with Crippen LogP contribution in [0.2, 0.25) is 0 Å². The molecule has 0 saturated heterocycles. The summed E-state index contributed by atoms with van der Waals surface area (Å²) in [7, 11) is 0. The van der Waals surface area contributed by atoms with Gasteiger partial charge >= 0.3 is 0 Å². The van der Waals surface area contributed by atoms with E-state index in [1.807, 2.05) is 24.1 Å². The molecule has 5 heteroatoms. The summed E-state index contributed by atoms with van der Waals surface area (Å²) in [5.74, 6) is 1.01. The van der Waals surface area contributed by atoms with Gasteiger partial charge in [-0.15, -0.1) is 22.0 Å². The molecule has 1 unspecified atom stereocenters. The lowest BCUT2D eigenvalue weighted by molar-refractivity contribution is 0.813. The Morgan fingerprint density at radius 3 is 2.57 bits per heavy atom. The van der Waals surface area contributed by atoms with Crippen molar-refractivity contribution in [2.75, 3.05) is 6.26 Å². The van der Waals surface area contributed by atoms with Crippen molar-refractivity contribution in [2.24, 2.45) is 0 Å². The van der Waals surface area contributed by atoms with Crippen LogP contribution in [0.3, 0.4) is 0 Å². The number of aromatic nitrogens is 3. The lowest BCUT2D eigenvalue weighted by Gasteiger charge is -2.25. The predicted octanol–water partition coefficient (Wildman–Crippen LogP) is 4.18. The highest BCUT2D eigenvalue weighted by Gasteiger charge is 2.30. The zero-order valence-electron chi connectivity index (χ0n) is 11.4. The number of rotatable bonds is 2. The number of benzene rings is 2. The van der Waals surface area contributed by atoms with Crippen LogP contribution < -0.4 is 0 Å². The zero-order chi connectivity index (χ0) is 14.2. The standard InChI is InChI=1S/C16H13N3S2/c1-20-16-18-17-15-14(11-7-3-2-4-8-11)21-13-10-6-5-9-12(13)19(15)16/h2-10,14H,1H3. The molecule has 2 heterocycles. The van der Waals surface area contributed by atoms with E-state index < -0.39 is 0 Å². The predicted molar refractivity (Wildman–Crippen MR) is 87.3 cm³/mol. The molecule has 1 atom stereocenters. The van der Waals surface area contributed by atoms with Crippen LogP contribution in [-0.4, -0.2) is 21.0 Å². The van der Waals surface area contributed by atoms with Crippen molar-refractivity contribution >= 4 is 23.5 Å². The minimum absolute atomic E-state index is 0.189. The SMILES string of the molecule is CSc1nnc2n1-c1ccccc1SC2c1ccccc1. The highest BCUT2D eigenvalue weighted by Crippen LogP contribution is 2.47. The van der Waals surface area contributed by atoms with Crippen molar-refractivity contribution in [3.63, 3.8) is 0 Å². The maximum Gasteiger partial charge on any atom is 0.195 e. The number of hydrogen-bond acceptors (Lipinski definition) is 4. The van der Waals surface area contributed by atoms with Crippen LogP contribution in [0.1, 0.15) is 16.6 Å². The summed E-state index contributed by atoms with van der Waals surface area (Å²) in [5.41, 5.74) is 2.44. The second kappa shape index (κ2) is 5.24. The van der Waals surface area contributed by atoms with E-state index in [1.165, 1.54) is 16.1 Å². The monoisotopic (exact) mass is 311 g/mol. The van der Waals surface area contributed by atoms with Crippen molar-refractivity contribution in [1.29, 1.82) is 0 Å². The zero-order valence-corrected chi connectivity index (χ0v) is 13.1. The van der Waals surface area contributed by atoms with E-state index >= 15 is 0 Å². The number of thioether (sulfide) groups is 2. The number of fused-ring (bicyclic) bond motifs is 3. The third-order valence-corrected chi connectivity index (χ3v) is 5.48. The van der Waals surface area contributed by atoms with Gasteiger partial charge in [-0.3, -0.25) is 4.57 Å². The van der Waals surface area contributed by atoms with Crippen molar-refractivity contribution < 1.29 is 0 Å². The fraction of sp³-hybridized carbons (Fsp3) is 0.125. The van der Waals surface area contributed by atoms with Gasteiger partial charge in [0.15, 0.2) is 11.0 Å². The molecule has 3 nitrogen and oxygen atoms in total. The maximum atomic E-state index is 4.46. The largest absolute Gasteiger partial charge is 0.272 e. The van der Waals surface area contributed by atoms with E-state index in [9.17, 15) is 0 Å². The van der Waals surface area contributed by atoms with Gasteiger partial charge in [-0.1, -0.05) is 54.2 Å². The minimum Gasteiger partial charge on any atom is -0.272 e. The molecule has 0 saturated carbocycles. The van der Waals surface area contributed by atoms with Crippen molar-refractivity contribution in [2.45, 2.75) is 15.3 Å². The van der Waals surface area contributed by atoms with Gasteiger partial charge in [0, 0.05) is 4.90 Å². The Labute approximate surface area is 131 Å². The van der Waals surface area contributed by atoms with Crippen LogP contribution >= 0.6 is 23.5 Å². The van der Waals surface area contributed by atoms with Gasteiger partial charge < -0.3 is 0 Å². The Morgan fingerprint density at radius 1 is 1.00 bits per heavy atom. The average molecular weight is 311 g/mol. The van der Waals surface area contributed by atoms with E-state index in [0.29, 0.717) is 0 Å². The van der Waals surface area contributed by atoms with Gasteiger partial charge in [0.05, 0.1) is 10.9 Å². The van der Waals surface area contributed by atoms with Gasteiger partial charge in [-0.25, -0.2) is 0 Å². The van der Waals surface area contributed by atoms with Crippen LogP contribution in [0.15, 0.2) is 64.6 Å². The third-order valence-electron chi connectivity index (χ3n) is 3.53. The lowest BCUT2D eigenvalue weighted by atomic mass is 10.1. The molecule has 21 heavy (non-hydrogen) atoms. The van der Waals surface area contributed by atoms with Gasteiger partial charge in [-0.05, 0) is 24.0 Å². The molecule has 2 aromatic carbocycles. The van der Waals surface area contributed by atoms with E-state index in [1.54, 1.807) is 11.8 Å². The van der Waals surface area contributed by atoms with Crippen molar-refractivity contribution in [1.82, 2.24) is 14.8 Å². The molecular formula is C16H13N3S2. The van der Waals surface area contributed by atoms with Crippen LogP contribution in [0.4, 0.5) is 0 Å². The summed E-state index contributed by atoms with van der Waals surface area (Å²) < 4.78 is 2.19. The Balaban J connectivity index is 1.94. The highest BCUT2D eigenvalue weighted by molar-refractivity contribution is 8.00. The number of nitrogens with zero attached hydrogens (tertiary/aromatic N) is 3. The Morgan fingerprint density at radius 2 is 1.76 bits per heavy atom. The minimum atomic E-state index is 0.189. The Bertz CT molecular complexity index is 783.